The largest absolute Gasteiger partial charge is 0.455 e. The van der Waals surface area contributed by atoms with Gasteiger partial charge in [-0.25, -0.2) is 8.42 Å². The number of esters is 1. The molecule has 0 aromatic heterocycles. The van der Waals surface area contributed by atoms with Crippen LogP contribution < -0.4 is 10.0 Å². The number of anilines is 1. The second-order valence-electron chi connectivity index (χ2n) is 6.75. The molecule has 1 amide bonds. The summed E-state index contributed by atoms with van der Waals surface area (Å²) >= 11 is 0. The fourth-order valence-corrected chi connectivity index (χ4v) is 3.92. The lowest BCUT2D eigenvalue weighted by Gasteiger charge is -2.10. The molecule has 0 saturated carbocycles. The first-order chi connectivity index (χ1) is 15.2. The standard InChI is InChI=1S/C21H19N3O7S/c1-14-18(7-4-8-19(14)24(27)28)23-20(25)13-31-21(26)12-22-32(29,30)17-10-9-15-5-2-3-6-16(15)11-17/h2-11,22H,12-13H2,1H3,(H,23,25). The third-order valence-electron chi connectivity index (χ3n) is 4.58. The van der Waals surface area contributed by atoms with Crippen molar-refractivity contribution in [1.29, 1.82) is 0 Å². The van der Waals surface area contributed by atoms with Gasteiger partial charge >= 0.3 is 5.97 Å². The summed E-state index contributed by atoms with van der Waals surface area (Å²) in [7, 11) is -3.97. The van der Waals surface area contributed by atoms with Gasteiger partial charge in [0.1, 0.15) is 6.54 Å². The number of nitro groups is 1. The van der Waals surface area contributed by atoms with Crippen LogP contribution in [0, 0.1) is 17.0 Å². The molecule has 0 unspecified atom stereocenters. The molecule has 0 bridgehead atoms. The first-order valence-corrected chi connectivity index (χ1v) is 10.8. The fraction of sp³-hybridized carbons (Fsp3) is 0.143. The van der Waals surface area contributed by atoms with Gasteiger partial charge in [-0.15, -0.1) is 0 Å². The van der Waals surface area contributed by atoms with Crippen LogP contribution in [0.15, 0.2) is 65.6 Å². The van der Waals surface area contributed by atoms with E-state index in [4.69, 9.17) is 4.74 Å². The van der Waals surface area contributed by atoms with E-state index in [9.17, 15) is 28.1 Å². The second kappa shape index (κ2) is 9.54. The number of ether oxygens (including phenoxy) is 1. The van der Waals surface area contributed by atoms with Gasteiger partial charge in [-0.3, -0.25) is 19.7 Å². The Morgan fingerprint density at radius 3 is 2.47 bits per heavy atom. The number of rotatable bonds is 8. The third kappa shape index (κ3) is 5.45. The predicted molar refractivity (Wildman–Crippen MR) is 117 cm³/mol. The topological polar surface area (TPSA) is 145 Å². The average Bonchev–Trinajstić information content (AvgIpc) is 2.77. The molecule has 0 atom stereocenters. The Morgan fingerprint density at radius 2 is 1.75 bits per heavy atom. The van der Waals surface area contributed by atoms with E-state index in [0.717, 1.165) is 10.8 Å². The van der Waals surface area contributed by atoms with Crippen LogP contribution in [0.3, 0.4) is 0 Å². The lowest BCUT2D eigenvalue weighted by Crippen LogP contribution is -2.32. The van der Waals surface area contributed by atoms with Crippen LogP contribution in [0.1, 0.15) is 5.56 Å². The summed E-state index contributed by atoms with van der Waals surface area (Å²) in [5.74, 6) is -1.68. The molecule has 0 radical (unpaired) electrons. The fourth-order valence-electron chi connectivity index (χ4n) is 2.91. The van der Waals surface area contributed by atoms with E-state index in [1.807, 2.05) is 12.1 Å². The number of nitrogens with zero attached hydrogens (tertiary/aromatic N) is 1. The Kier molecular flexibility index (Phi) is 6.81. The first kappa shape index (κ1) is 22.8. The molecular formula is C21H19N3O7S. The smallest absolute Gasteiger partial charge is 0.321 e. The van der Waals surface area contributed by atoms with Crippen molar-refractivity contribution in [2.24, 2.45) is 0 Å². The molecule has 3 aromatic rings. The number of amides is 1. The minimum absolute atomic E-state index is 0.0112. The molecule has 2 N–H and O–H groups in total. The zero-order valence-corrected chi connectivity index (χ0v) is 17.7. The van der Waals surface area contributed by atoms with Gasteiger partial charge in [-0.05, 0) is 35.9 Å². The van der Waals surface area contributed by atoms with Crippen LogP contribution in [-0.2, 0) is 24.3 Å². The molecule has 0 heterocycles. The lowest BCUT2D eigenvalue weighted by atomic mass is 10.1. The molecule has 10 nitrogen and oxygen atoms in total. The number of fused-ring (bicyclic) bond motifs is 1. The highest BCUT2D eigenvalue weighted by atomic mass is 32.2. The van der Waals surface area contributed by atoms with E-state index >= 15 is 0 Å². The van der Waals surface area contributed by atoms with Gasteiger partial charge in [0, 0.05) is 6.07 Å². The average molecular weight is 457 g/mol. The molecule has 0 saturated heterocycles. The molecule has 0 aliphatic rings. The maximum atomic E-state index is 12.4. The van der Waals surface area contributed by atoms with Gasteiger partial charge in [0.25, 0.3) is 11.6 Å². The van der Waals surface area contributed by atoms with Crippen molar-refractivity contribution < 1.29 is 27.7 Å². The Labute approximate surface area is 183 Å². The normalized spacial score (nSPS) is 11.2. The molecule has 11 heteroatoms. The summed E-state index contributed by atoms with van der Waals surface area (Å²) < 4.78 is 31.8. The highest BCUT2D eigenvalue weighted by Crippen LogP contribution is 2.25. The van der Waals surface area contributed by atoms with Crippen molar-refractivity contribution in [3.8, 4) is 0 Å². The maximum Gasteiger partial charge on any atom is 0.321 e. The van der Waals surface area contributed by atoms with Crippen LogP contribution in [0.25, 0.3) is 10.8 Å². The summed E-state index contributed by atoms with van der Waals surface area (Å²) in [6.07, 6.45) is 0. The molecule has 3 aromatic carbocycles. The van der Waals surface area contributed by atoms with Crippen LogP contribution in [0.2, 0.25) is 0 Å². The van der Waals surface area contributed by atoms with E-state index in [1.54, 1.807) is 18.2 Å². The predicted octanol–water partition coefficient (Wildman–Crippen LogP) is 2.52. The molecule has 3 rings (SSSR count). The van der Waals surface area contributed by atoms with Crippen molar-refractivity contribution >= 4 is 44.0 Å². The number of hydrogen-bond donors (Lipinski definition) is 2. The molecule has 0 aliphatic heterocycles. The van der Waals surface area contributed by atoms with Crippen molar-refractivity contribution in [2.45, 2.75) is 11.8 Å². The van der Waals surface area contributed by atoms with Crippen LogP contribution in [-0.4, -0.2) is 38.4 Å². The van der Waals surface area contributed by atoms with Crippen molar-refractivity contribution in [3.05, 3.63) is 76.3 Å². The zero-order valence-electron chi connectivity index (χ0n) is 16.9. The van der Waals surface area contributed by atoms with E-state index in [1.165, 1.54) is 37.3 Å². The summed E-state index contributed by atoms with van der Waals surface area (Å²) in [6, 6.07) is 16.0. The van der Waals surface area contributed by atoms with Gasteiger partial charge < -0.3 is 10.1 Å². The number of carbonyl (C=O) groups is 2. The SMILES string of the molecule is Cc1c(NC(=O)COC(=O)CNS(=O)(=O)c2ccc3ccccc3c2)cccc1[N+](=O)[O-]. The minimum Gasteiger partial charge on any atom is -0.455 e. The van der Waals surface area contributed by atoms with Gasteiger partial charge in [0.15, 0.2) is 6.61 Å². The quantitative estimate of drug-likeness (QED) is 0.300. The zero-order chi connectivity index (χ0) is 23.3. The summed E-state index contributed by atoms with van der Waals surface area (Å²) in [5.41, 5.74) is 0.292. The molecule has 0 aliphatic carbocycles. The Bertz CT molecular complexity index is 1310. The molecule has 166 valence electrons. The van der Waals surface area contributed by atoms with Gasteiger partial charge in [0.05, 0.1) is 21.1 Å². The minimum atomic E-state index is -3.97. The molecular weight excluding hydrogens is 438 g/mol. The number of benzene rings is 3. The van der Waals surface area contributed by atoms with E-state index < -0.39 is 40.0 Å². The third-order valence-corrected chi connectivity index (χ3v) is 5.98. The summed E-state index contributed by atoms with van der Waals surface area (Å²) in [5, 5.41) is 15.0. The van der Waals surface area contributed by atoms with Crippen molar-refractivity contribution in [3.63, 3.8) is 0 Å². The van der Waals surface area contributed by atoms with E-state index in [0.29, 0.717) is 0 Å². The van der Waals surface area contributed by atoms with Gasteiger partial charge in [-0.1, -0.05) is 36.4 Å². The Morgan fingerprint density at radius 1 is 1.03 bits per heavy atom. The monoisotopic (exact) mass is 457 g/mol. The number of sulfonamides is 1. The first-order valence-electron chi connectivity index (χ1n) is 9.35. The number of hydrogen-bond acceptors (Lipinski definition) is 7. The second-order valence-corrected chi connectivity index (χ2v) is 8.52. The van der Waals surface area contributed by atoms with Crippen LogP contribution >= 0.6 is 0 Å². The maximum absolute atomic E-state index is 12.4. The van der Waals surface area contributed by atoms with Crippen molar-refractivity contribution in [1.82, 2.24) is 4.72 Å². The summed E-state index contributed by atoms with van der Waals surface area (Å²) in [4.78, 5) is 34.3. The van der Waals surface area contributed by atoms with E-state index in [2.05, 4.69) is 10.0 Å². The Hall–Kier alpha value is -3.83. The number of nitrogens with one attached hydrogen (secondary N) is 2. The molecule has 0 spiro atoms. The van der Waals surface area contributed by atoms with Gasteiger partial charge in [-0.2, -0.15) is 4.72 Å². The van der Waals surface area contributed by atoms with Gasteiger partial charge in [0.2, 0.25) is 10.0 Å². The molecule has 32 heavy (non-hydrogen) atoms. The van der Waals surface area contributed by atoms with Crippen molar-refractivity contribution in [2.75, 3.05) is 18.5 Å². The molecule has 0 fully saturated rings. The lowest BCUT2D eigenvalue weighted by molar-refractivity contribution is -0.385. The number of nitro benzene ring substituents is 1. The number of carbonyl (C=O) groups excluding carboxylic acids is 2. The van der Waals surface area contributed by atoms with Crippen LogP contribution in [0.5, 0.6) is 0 Å². The highest BCUT2D eigenvalue weighted by Gasteiger charge is 2.18. The summed E-state index contributed by atoms with van der Waals surface area (Å²) in [6.45, 7) is 0.123. The van der Waals surface area contributed by atoms with Crippen LogP contribution in [0.4, 0.5) is 11.4 Å². The highest BCUT2D eigenvalue weighted by molar-refractivity contribution is 7.89. The Balaban J connectivity index is 1.54. The van der Waals surface area contributed by atoms with E-state index in [-0.39, 0.29) is 21.8 Å².